The minimum absolute atomic E-state index is 0.0616. The van der Waals surface area contributed by atoms with Gasteiger partial charge in [-0.2, -0.15) is 0 Å². The first-order chi connectivity index (χ1) is 11.7. The zero-order valence-corrected chi connectivity index (χ0v) is 14.4. The minimum atomic E-state index is -0.0616. The molecular weight excluding hydrogens is 320 g/mol. The average Bonchev–Trinajstić information content (AvgIpc) is 2.64. The number of benzene rings is 2. The molecule has 1 fully saturated rings. The summed E-state index contributed by atoms with van der Waals surface area (Å²) in [7, 11) is 0. The zero-order chi connectivity index (χ0) is 16.8. The van der Waals surface area contributed by atoms with Gasteiger partial charge in [-0.15, -0.1) is 0 Å². The second kappa shape index (κ2) is 8.32. The Morgan fingerprint density at radius 3 is 2.46 bits per heavy atom. The third kappa shape index (κ3) is 4.37. The number of halogens is 1. The second-order valence-corrected chi connectivity index (χ2v) is 6.70. The number of carbonyl (C=O) groups excluding carboxylic acids is 1. The van der Waals surface area contributed by atoms with Crippen LogP contribution in [-0.4, -0.2) is 19.0 Å². The Bertz CT molecular complexity index is 668. The van der Waals surface area contributed by atoms with Crippen LogP contribution >= 0.6 is 11.6 Å². The van der Waals surface area contributed by atoms with Crippen molar-refractivity contribution >= 4 is 17.5 Å². The van der Waals surface area contributed by atoms with Crippen LogP contribution in [0.4, 0.5) is 0 Å². The van der Waals surface area contributed by atoms with Crippen molar-refractivity contribution in [1.29, 1.82) is 0 Å². The number of nitrogens with one attached hydrogen (secondary N) is 2. The van der Waals surface area contributed by atoms with E-state index < -0.39 is 0 Å². The largest absolute Gasteiger partial charge is 0.349 e. The normalized spacial score (nSPS) is 16.5. The van der Waals surface area contributed by atoms with E-state index in [2.05, 4.69) is 22.8 Å². The molecule has 126 valence electrons. The summed E-state index contributed by atoms with van der Waals surface area (Å²) in [6, 6.07) is 17.9. The van der Waals surface area contributed by atoms with Crippen molar-refractivity contribution in [2.75, 3.05) is 13.1 Å². The van der Waals surface area contributed by atoms with E-state index in [-0.39, 0.29) is 17.9 Å². The number of piperidine rings is 1. The molecule has 0 radical (unpaired) electrons. The van der Waals surface area contributed by atoms with Crippen molar-refractivity contribution in [2.45, 2.75) is 25.3 Å². The predicted molar refractivity (Wildman–Crippen MR) is 98.1 cm³/mol. The summed E-state index contributed by atoms with van der Waals surface area (Å²) in [5.41, 5.74) is 2.17. The number of hydrogen-bond donors (Lipinski definition) is 2. The van der Waals surface area contributed by atoms with Gasteiger partial charge >= 0.3 is 0 Å². The molecule has 1 heterocycles. The number of carbonyl (C=O) groups is 1. The summed E-state index contributed by atoms with van der Waals surface area (Å²) < 4.78 is 0. The van der Waals surface area contributed by atoms with Crippen LogP contribution in [0.5, 0.6) is 0 Å². The Hall–Kier alpha value is -1.84. The molecule has 2 aromatic carbocycles. The molecular formula is C20H23ClN2O. The van der Waals surface area contributed by atoms with Crippen LogP contribution in [-0.2, 0) is 11.2 Å². The lowest BCUT2D eigenvalue weighted by Crippen LogP contribution is -2.40. The maximum Gasteiger partial charge on any atom is 0.223 e. The van der Waals surface area contributed by atoms with E-state index in [1.54, 1.807) is 0 Å². The van der Waals surface area contributed by atoms with Crippen molar-refractivity contribution in [3.8, 4) is 0 Å². The lowest BCUT2D eigenvalue weighted by atomic mass is 9.94. The molecule has 1 saturated heterocycles. The Balaban J connectivity index is 1.77. The topological polar surface area (TPSA) is 41.1 Å². The van der Waals surface area contributed by atoms with Crippen LogP contribution in [0.1, 0.15) is 30.0 Å². The van der Waals surface area contributed by atoms with Gasteiger partial charge in [0.05, 0.1) is 6.04 Å². The van der Waals surface area contributed by atoms with Gasteiger partial charge in [-0.25, -0.2) is 0 Å². The van der Waals surface area contributed by atoms with Gasteiger partial charge in [0.15, 0.2) is 0 Å². The molecule has 0 bridgehead atoms. The fraction of sp³-hybridized carbons (Fsp3) is 0.350. The van der Waals surface area contributed by atoms with E-state index in [0.29, 0.717) is 6.42 Å². The lowest BCUT2D eigenvalue weighted by molar-refractivity contribution is -0.126. The molecule has 24 heavy (non-hydrogen) atoms. The van der Waals surface area contributed by atoms with Crippen LogP contribution < -0.4 is 10.6 Å². The van der Waals surface area contributed by atoms with E-state index in [1.807, 2.05) is 42.5 Å². The van der Waals surface area contributed by atoms with Crippen molar-refractivity contribution < 1.29 is 4.79 Å². The summed E-state index contributed by atoms with van der Waals surface area (Å²) in [4.78, 5) is 12.7. The van der Waals surface area contributed by atoms with Gasteiger partial charge in [0.25, 0.3) is 0 Å². The molecule has 3 nitrogen and oxygen atoms in total. The molecule has 0 aliphatic carbocycles. The molecule has 3 rings (SSSR count). The molecule has 1 amide bonds. The summed E-state index contributed by atoms with van der Waals surface area (Å²) in [6.45, 7) is 1.83. The zero-order valence-electron chi connectivity index (χ0n) is 13.7. The summed E-state index contributed by atoms with van der Waals surface area (Å²) in [5.74, 6) is 0.251. The average molecular weight is 343 g/mol. The Morgan fingerprint density at radius 1 is 1.08 bits per heavy atom. The highest BCUT2D eigenvalue weighted by Crippen LogP contribution is 2.24. The fourth-order valence-electron chi connectivity index (χ4n) is 3.20. The van der Waals surface area contributed by atoms with Gasteiger partial charge in [0, 0.05) is 10.9 Å². The molecule has 2 aromatic rings. The molecule has 0 spiro atoms. The van der Waals surface area contributed by atoms with E-state index in [4.69, 9.17) is 11.6 Å². The number of amides is 1. The van der Waals surface area contributed by atoms with Gasteiger partial charge in [-0.05, 0) is 49.5 Å². The lowest BCUT2D eigenvalue weighted by Gasteiger charge is -2.26. The first kappa shape index (κ1) is 17.0. The SMILES string of the molecule is O=C(NC(Cc1ccccc1Cl)c1ccccc1)C1CCNCC1. The predicted octanol–water partition coefficient (Wildman–Crippen LogP) is 3.74. The quantitative estimate of drug-likeness (QED) is 0.869. The summed E-state index contributed by atoms with van der Waals surface area (Å²) in [5, 5.41) is 7.30. The smallest absolute Gasteiger partial charge is 0.223 e. The molecule has 1 aliphatic heterocycles. The van der Waals surface area contributed by atoms with Gasteiger partial charge in [-0.3, -0.25) is 4.79 Å². The molecule has 1 atom stereocenters. The van der Waals surface area contributed by atoms with E-state index in [9.17, 15) is 4.79 Å². The molecule has 0 saturated carbocycles. The number of hydrogen-bond acceptors (Lipinski definition) is 2. The van der Waals surface area contributed by atoms with E-state index in [0.717, 1.165) is 42.1 Å². The molecule has 1 unspecified atom stereocenters. The maximum atomic E-state index is 12.7. The fourth-order valence-corrected chi connectivity index (χ4v) is 3.41. The summed E-state index contributed by atoms with van der Waals surface area (Å²) in [6.07, 6.45) is 2.50. The van der Waals surface area contributed by atoms with Crippen LogP contribution in [0, 0.1) is 5.92 Å². The van der Waals surface area contributed by atoms with E-state index >= 15 is 0 Å². The van der Waals surface area contributed by atoms with E-state index in [1.165, 1.54) is 0 Å². The van der Waals surface area contributed by atoms with Gasteiger partial charge in [-0.1, -0.05) is 60.1 Å². The molecule has 4 heteroatoms. The Morgan fingerprint density at radius 2 is 1.75 bits per heavy atom. The molecule has 2 N–H and O–H groups in total. The third-order valence-electron chi connectivity index (χ3n) is 4.61. The van der Waals surface area contributed by atoms with Crippen molar-refractivity contribution in [3.05, 3.63) is 70.7 Å². The van der Waals surface area contributed by atoms with Crippen LogP contribution in [0.15, 0.2) is 54.6 Å². The summed E-state index contributed by atoms with van der Waals surface area (Å²) >= 11 is 6.32. The van der Waals surface area contributed by atoms with Crippen molar-refractivity contribution in [2.24, 2.45) is 5.92 Å². The molecule has 0 aromatic heterocycles. The first-order valence-corrected chi connectivity index (χ1v) is 8.91. The Labute approximate surface area is 148 Å². The van der Waals surface area contributed by atoms with Gasteiger partial charge in [0.2, 0.25) is 5.91 Å². The standard InChI is InChI=1S/C20H23ClN2O/c21-18-9-5-4-8-17(18)14-19(15-6-2-1-3-7-15)23-20(24)16-10-12-22-13-11-16/h1-9,16,19,22H,10-14H2,(H,23,24). The van der Waals surface area contributed by atoms with Gasteiger partial charge in [0.1, 0.15) is 0 Å². The molecule has 1 aliphatic rings. The van der Waals surface area contributed by atoms with Crippen LogP contribution in [0.2, 0.25) is 5.02 Å². The highest BCUT2D eigenvalue weighted by atomic mass is 35.5. The second-order valence-electron chi connectivity index (χ2n) is 6.29. The van der Waals surface area contributed by atoms with Crippen LogP contribution in [0.25, 0.3) is 0 Å². The first-order valence-electron chi connectivity index (χ1n) is 8.53. The highest BCUT2D eigenvalue weighted by Gasteiger charge is 2.24. The van der Waals surface area contributed by atoms with Crippen molar-refractivity contribution in [1.82, 2.24) is 10.6 Å². The minimum Gasteiger partial charge on any atom is -0.349 e. The third-order valence-corrected chi connectivity index (χ3v) is 4.98. The highest BCUT2D eigenvalue weighted by molar-refractivity contribution is 6.31. The van der Waals surface area contributed by atoms with Crippen molar-refractivity contribution in [3.63, 3.8) is 0 Å². The Kier molecular flexibility index (Phi) is 5.89. The van der Waals surface area contributed by atoms with Gasteiger partial charge < -0.3 is 10.6 Å². The van der Waals surface area contributed by atoms with Crippen LogP contribution in [0.3, 0.4) is 0 Å². The monoisotopic (exact) mass is 342 g/mol. The number of rotatable bonds is 5. The maximum absolute atomic E-state index is 12.7.